The predicted molar refractivity (Wildman–Crippen MR) is 43.4 cm³/mol. The van der Waals surface area contributed by atoms with E-state index in [1.807, 2.05) is 0 Å². The van der Waals surface area contributed by atoms with Gasteiger partial charge in [0.05, 0.1) is 0 Å². The van der Waals surface area contributed by atoms with Crippen LogP contribution in [0, 0.1) is 0 Å². The van der Waals surface area contributed by atoms with E-state index >= 15 is 0 Å². The molecule has 0 saturated heterocycles. The van der Waals surface area contributed by atoms with E-state index in [9.17, 15) is 65.5 Å². The average Bonchev–Trinajstić information content (AvgIpc) is 2.22. The standard InChI is InChI=1S/C6HF13O4S/c7-1(8,3(11,12)5(15,16)24(20,21)22)2(9,10)4(13,14)23-6(17,18)19/h(H,20,21,22). The molecular formula is C6HF13O4S. The highest BCUT2D eigenvalue weighted by atomic mass is 32.2. The summed E-state index contributed by atoms with van der Waals surface area (Å²) in [4.78, 5) is 0. The van der Waals surface area contributed by atoms with Gasteiger partial charge in [-0.05, 0) is 0 Å². The normalized spacial score (nSPS) is 16.4. The number of hydrogen-bond acceptors (Lipinski definition) is 3. The van der Waals surface area contributed by atoms with Crippen LogP contribution >= 0.6 is 0 Å². The molecule has 18 heteroatoms. The molecule has 0 aliphatic carbocycles. The molecule has 0 aromatic rings. The third kappa shape index (κ3) is 3.35. The van der Waals surface area contributed by atoms with Crippen LogP contribution in [0.25, 0.3) is 0 Å². The summed E-state index contributed by atoms with van der Waals surface area (Å²) in [7, 11) is -7.59. The van der Waals surface area contributed by atoms with Crippen molar-refractivity contribution < 1.29 is 74.8 Å². The van der Waals surface area contributed by atoms with Crippen LogP contribution in [-0.4, -0.2) is 48.5 Å². The van der Waals surface area contributed by atoms with Gasteiger partial charge in [0, 0.05) is 0 Å². The van der Waals surface area contributed by atoms with Gasteiger partial charge in [-0.3, -0.25) is 4.55 Å². The predicted octanol–water partition coefficient (Wildman–Crippen LogP) is 3.50. The van der Waals surface area contributed by atoms with Crippen molar-refractivity contribution in [3.8, 4) is 0 Å². The van der Waals surface area contributed by atoms with E-state index < -0.39 is 45.6 Å². The molecule has 146 valence electrons. The monoisotopic (exact) mass is 416 g/mol. The first-order valence-electron chi connectivity index (χ1n) is 4.59. The first-order chi connectivity index (χ1) is 9.96. The summed E-state index contributed by atoms with van der Waals surface area (Å²) in [5.74, 6) is -24.1. The Hall–Kier alpha value is -1.04. The van der Waals surface area contributed by atoms with Gasteiger partial charge in [-0.25, -0.2) is 4.74 Å². The molecule has 0 aliphatic rings. The average molecular weight is 416 g/mol. The van der Waals surface area contributed by atoms with E-state index in [2.05, 4.69) is 0 Å². The molecule has 0 unspecified atom stereocenters. The van der Waals surface area contributed by atoms with E-state index in [-0.39, 0.29) is 0 Å². The van der Waals surface area contributed by atoms with Crippen LogP contribution < -0.4 is 0 Å². The molecule has 0 aromatic heterocycles. The molecule has 0 rings (SSSR count). The van der Waals surface area contributed by atoms with Crippen LogP contribution in [0.15, 0.2) is 0 Å². The highest BCUT2D eigenvalue weighted by Gasteiger charge is 2.90. The van der Waals surface area contributed by atoms with Gasteiger partial charge in [-0.15, -0.1) is 13.2 Å². The maximum Gasteiger partial charge on any atom is 0.527 e. The summed E-state index contributed by atoms with van der Waals surface area (Å²) in [6.45, 7) is 0. The van der Waals surface area contributed by atoms with Crippen molar-refractivity contribution in [2.75, 3.05) is 0 Å². The van der Waals surface area contributed by atoms with Crippen molar-refractivity contribution in [3.05, 3.63) is 0 Å². The van der Waals surface area contributed by atoms with Crippen molar-refractivity contribution in [1.82, 2.24) is 0 Å². The molecule has 1 N–H and O–H groups in total. The van der Waals surface area contributed by atoms with Gasteiger partial charge in [0.15, 0.2) is 0 Å². The lowest BCUT2D eigenvalue weighted by Crippen LogP contribution is -2.69. The van der Waals surface area contributed by atoms with Crippen molar-refractivity contribution in [2.45, 2.75) is 35.5 Å². The zero-order chi connectivity index (χ0) is 20.2. The van der Waals surface area contributed by atoms with Crippen molar-refractivity contribution in [1.29, 1.82) is 0 Å². The minimum Gasteiger partial charge on any atom is -0.281 e. The van der Waals surface area contributed by atoms with Gasteiger partial charge in [0.1, 0.15) is 0 Å². The Morgan fingerprint density at radius 3 is 1.21 bits per heavy atom. The first kappa shape index (κ1) is 23.0. The van der Waals surface area contributed by atoms with Crippen LogP contribution in [0.4, 0.5) is 57.1 Å². The second kappa shape index (κ2) is 5.48. The topological polar surface area (TPSA) is 63.6 Å². The van der Waals surface area contributed by atoms with Gasteiger partial charge in [0.25, 0.3) is 0 Å². The van der Waals surface area contributed by atoms with Crippen LogP contribution in [0.5, 0.6) is 0 Å². The highest BCUT2D eigenvalue weighted by Crippen LogP contribution is 2.58. The number of hydrogen-bond donors (Lipinski definition) is 1. The van der Waals surface area contributed by atoms with Gasteiger partial charge in [0.2, 0.25) is 0 Å². The Morgan fingerprint density at radius 1 is 0.625 bits per heavy atom. The summed E-state index contributed by atoms with van der Waals surface area (Å²) in [6.07, 6.45) is -14.3. The van der Waals surface area contributed by atoms with E-state index in [1.54, 1.807) is 0 Å². The third-order valence-electron chi connectivity index (χ3n) is 2.09. The van der Waals surface area contributed by atoms with Crippen molar-refractivity contribution in [3.63, 3.8) is 0 Å². The number of halogens is 13. The largest absolute Gasteiger partial charge is 0.527 e. The Balaban J connectivity index is 6.31. The minimum absolute atomic E-state index is 1.22. The maximum atomic E-state index is 12.8. The Labute approximate surface area is 121 Å². The number of alkyl halides is 13. The van der Waals surface area contributed by atoms with Gasteiger partial charge in [-0.1, -0.05) is 0 Å². The Morgan fingerprint density at radius 2 is 0.958 bits per heavy atom. The van der Waals surface area contributed by atoms with Crippen molar-refractivity contribution in [2.24, 2.45) is 0 Å². The summed E-state index contributed by atoms with van der Waals surface area (Å²) in [5.41, 5.74) is 0. The zero-order valence-electron chi connectivity index (χ0n) is 9.99. The van der Waals surface area contributed by atoms with Crippen LogP contribution in [0.3, 0.4) is 0 Å². The summed E-state index contributed by atoms with van der Waals surface area (Å²) < 4.78 is 189. The molecule has 0 aliphatic heterocycles. The molecule has 0 bridgehead atoms. The SMILES string of the molecule is O=S(=O)(O)C(F)(F)C(F)(F)C(F)(F)C(F)(F)C(F)(F)OC(F)(F)F. The molecule has 0 atom stereocenters. The van der Waals surface area contributed by atoms with Crippen LogP contribution in [0.2, 0.25) is 0 Å². The van der Waals surface area contributed by atoms with E-state index in [4.69, 9.17) is 4.55 Å². The molecule has 0 aromatic carbocycles. The zero-order valence-corrected chi connectivity index (χ0v) is 10.8. The lowest BCUT2D eigenvalue weighted by atomic mass is 10.0. The minimum atomic E-state index is -8.14. The molecule has 0 amide bonds. The maximum absolute atomic E-state index is 12.8. The molecule has 0 fully saturated rings. The number of ether oxygens (including phenoxy) is 1. The van der Waals surface area contributed by atoms with Gasteiger partial charge < -0.3 is 0 Å². The summed E-state index contributed by atoms with van der Waals surface area (Å²) in [5, 5.41) is -7.48. The molecule has 0 heterocycles. The second-order valence-electron chi connectivity index (χ2n) is 3.78. The smallest absolute Gasteiger partial charge is 0.281 e. The third-order valence-corrected chi connectivity index (χ3v) is 2.99. The summed E-state index contributed by atoms with van der Waals surface area (Å²) >= 11 is 0. The first-order valence-corrected chi connectivity index (χ1v) is 6.03. The van der Waals surface area contributed by atoms with Crippen LogP contribution in [-0.2, 0) is 14.9 Å². The molecule has 4 nitrogen and oxygen atoms in total. The van der Waals surface area contributed by atoms with E-state index in [0.29, 0.717) is 0 Å². The lowest BCUT2D eigenvalue weighted by Gasteiger charge is -2.37. The summed E-state index contributed by atoms with van der Waals surface area (Å²) in [6, 6.07) is 0. The second-order valence-corrected chi connectivity index (χ2v) is 5.24. The van der Waals surface area contributed by atoms with E-state index in [0.717, 1.165) is 0 Å². The molecule has 0 radical (unpaired) electrons. The quantitative estimate of drug-likeness (QED) is 0.532. The van der Waals surface area contributed by atoms with Gasteiger partial charge >= 0.3 is 45.6 Å². The van der Waals surface area contributed by atoms with Crippen molar-refractivity contribution >= 4 is 10.1 Å². The molecule has 0 saturated carbocycles. The number of rotatable bonds is 6. The highest BCUT2D eigenvalue weighted by molar-refractivity contribution is 7.87. The lowest BCUT2D eigenvalue weighted by molar-refractivity contribution is -0.499. The molecule has 24 heavy (non-hydrogen) atoms. The van der Waals surface area contributed by atoms with Crippen LogP contribution in [0.1, 0.15) is 0 Å². The fourth-order valence-corrected chi connectivity index (χ4v) is 1.39. The fourth-order valence-electron chi connectivity index (χ4n) is 0.934. The molecular weight excluding hydrogens is 415 g/mol. The van der Waals surface area contributed by atoms with Gasteiger partial charge in [-0.2, -0.15) is 52.3 Å². The fraction of sp³-hybridized carbons (Fsp3) is 1.00. The Bertz CT molecular complexity index is 576. The van der Waals surface area contributed by atoms with E-state index in [1.165, 1.54) is 4.74 Å². The Kier molecular flexibility index (Phi) is 5.24. The molecule has 0 spiro atoms.